The van der Waals surface area contributed by atoms with Gasteiger partial charge in [0.15, 0.2) is 7.28 Å². The number of ether oxygens (including phenoxy) is 1. The molecule has 3 aromatic carbocycles. The summed E-state index contributed by atoms with van der Waals surface area (Å²) in [5.74, 6) is 0.845. The van der Waals surface area contributed by atoms with Crippen LogP contribution in [-0.2, 0) is 11.2 Å². The zero-order valence-corrected chi connectivity index (χ0v) is 19.0. The molecule has 1 aromatic heterocycles. The highest BCUT2D eigenvalue weighted by atomic mass is 19.3. The van der Waals surface area contributed by atoms with E-state index in [1.807, 2.05) is 18.2 Å². The molecule has 2 heterocycles. The molecule has 0 amide bonds. The molecule has 0 saturated heterocycles. The molecule has 5 nitrogen and oxygen atoms in total. The number of Topliss-reactive ketones (excluding diaryl/α,β-unsaturated/α-hetero) is 1. The van der Waals surface area contributed by atoms with Gasteiger partial charge in [-0.15, -0.1) is 0 Å². The van der Waals surface area contributed by atoms with Crippen molar-refractivity contribution in [2.24, 2.45) is 0 Å². The molecule has 1 atom stereocenters. The zero-order valence-electron chi connectivity index (χ0n) is 19.0. The maximum Gasteiger partial charge on any atom is 0.394 e. The van der Waals surface area contributed by atoms with Crippen molar-refractivity contribution in [3.63, 3.8) is 0 Å². The van der Waals surface area contributed by atoms with Crippen LogP contribution in [0, 0.1) is 0 Å². The fourth-order valence-corrected chi connectivity index (χ4v) is 4.69. The Bertz CT molecular complexity index is 1360. The third-order valence-corrected chi connectivity index (χ3v) is 6.03. The second-order valence-corrected chi connectivity index (χ2v) is 8.82. The first kappa shape index (κ1) is 22.1. The number of hydrogen-bond acceptors (Lipinski definition) is 4. The number of halogens is 2. The Kier molecular flexibility index (Phi) is 5.59. The SMILES string of the molecule is CC(=O)Cc1ccc2c(c1)nc(Nc1ccc(OC(C)(F)F)cc1)n2[C@@H]1CBc2ccccc21. The Hall–Kier alpha value is -3.68. The van der Waals surface area contributed by atoms with E-state index in [-0.39, 0.29) is 17.6 Å². The second kappa shape index (κ2) is 8.59. The van der Waals surface area contributed by atoms with E-state index in [4.69, 9.17) is 4.98 Å². The van der Waals surface area contributed by atoms with Crippen LogP contribution in [0.1, 0.15) is 31.0 Å². The van der Waals surface area contributed by atoms with Crippen LogP contribution in [-0.4, -0.2) is 28.7 Å². The Morgan fingerprint density at radius 1 is 1.18 bits per heavy atom. The van der Waals surface area contributed by atoms with Crippen molar-refractivity contribution in [3.8, 4) is 5.75 Å². The van der Waals surface area contributed by atoms with E-state index in [0.29, 0.717) is 25.0 Å². The molecular formula is C26H24BF2N3O2. The van der Waals surface area contributed by atoms with Gasteiger partial charge in [-0.2, -0.15) is 8.78 Å². The van der Waals surface area contributed by atoms with Gasteiger partial charge in [-0.3, -0.25) is 4.79 Å². The number of anilines is 2. The van der Waals surface area contributed by atoms with Gasteiger partial charge in [0.2, 0.25) is 5.95 Å². The number of carbonyl (C=O) groups excluding carboxylic acids is 1. The average Bonchev–Trinajstić information content (AvgIpc) is 3.34. The van der Waals surface area contributed by atoms with E-state index in [1.165, 1.54) is 23.2 Å². The molecule has 172 valence electrons. The molecule has 0 unspecified atom stereocenters. The number of fused-ring (bicyclic) bond motifs is 2. The van der Waals surface area contributed by atoms with Crippen LogP contribution in [0.5, 0.6) is 5.75 Å². The molecule has 1 aliphatic heterocycles. The fourth-order valence-electron chi connectivity index (χ4n) is 4.69. The number of ketones is 1. The molecule has 0 saturated carbocycles. The fraction of sp³-hybridized carbons (Fsp3) is 0.231. The highest BCUT2D eigenvalue weighted by Gasteiger charge is 2.28. The average molecular weight is 459 g/mol. The summed E-state index contributed by atoms with van der Waals surface area (Å²) in [5, 5.41) is 3.36. The van der Waals surface area contributed by atoms with Crippen molar-refractivity contribution in [2.45, 2.75) is 38.7 Å². The number of benzene rings is 3. The Morgan fingerprint density at radius 2 is 1.94 bits per heavy atom. The van der Waals surface area contributed by atoms with Gasteiger partial charge in [0, 0.05) is 19.0 Å². The summed E-state index contributed by atoms with van der Waals surface area (Å²) in [6.07, 6.45) is -1.93. The summed E-state index contributed by atoms with van der Waals surface area (Å²) in [4.78, 5) is 16.5. The topological polar surface area (TPSA) is 56.1 Å². The quantitative estimate of drug-likeness (QED) is 0.396. The van der Waals surface area contributed by atoms with Crippen LogP contribution in [0.25, 0.3) is 11.0 Å². The van der Waals surface area contributed by atoms with E-state index in [1.54, 1.807) is 19.1 Å². The highest BCUT2D eigenvalue weighted by molar-refractivity contribution is 6.56. The lowest BCUT2D eigenvalue weighted by atomic mass is 9.72. The molecule has 0 aliphatic carbocycles. The van der Waals surface area contributed by atoms with Crippen LogP contribution in [0.15, 0.2) is 66.7 Å². The second-order valence-electron chi connectivity index (χ2n) is 8.82. The van der Waals surface area contributed by atoms with Crippen LogP contribution in [0.3, 0.4) is 0 Å². The lowest BCUT2D eigenvalue weighted by molar-refractivity contribution is -0.158. The van der Waals surface area contributed by atoms with Crippen LogP contribution in [0.4, 0.5) is 20.4 Å². The van der Waals surface area contributed by atoms with E-state index in [9.17, 15) is 13.6 Å². The minimum absolute atomic E-state index is 0.0881. The monoisotopic (exact) mass is 459 g/mol. The van der Waals surface area contributed by atoms with Crippen molar-refractivity contribution in [3.05, 3.63) is 77.9 Å². The van der Waals surface area contributed by atoms with E-state index >= 15 is 0 Å². The first-order valence-corrected chi connectivity index (χ1v) is 11.3. The number of alkyl halides is 2. The maximum absolute atomic E-state index is 13.2. The first-order chi connectivity index (χ1) is 16.3. The molecule has 0 radical (unpaired) electrons. The predicted molar refractivity (Wildman–Crippen MR) is 131 cm³/mol. The number of imidazole rings is 1. The molecule has 1 N–H and O–H groups in total. The summed E-state index contributed by atoms with van der Waals surface area (Å²) in [5.41, 5.74) is 6.00. The molecule has 34 heavy (non-hydrogen) atoms. The standard InChI is InChI=1S/C26H24BF2N3O2/c1-16(33)13-17-7-12-23-22(14-17)31-25(30-18-8-10-19(11-9-18)34-26(2,28)29)32(23)24-15-27-21-6-4-3-5-20(21)24/h3-12,14,24,27H,13,15H2,1-2H3,(H,30,31)/t24-/m1/s1. The molecular weight excluding hydrogens is 435 g/mol. The van der Waals surface area contributed by atoms with Gasteiger partial charge < -0.3 is 14.6 Å². The Labute approximate surface area is 197 Å². The van der Waals surface area contributed by atoms with Crippen molar-refractivity contribution < 1.29 is 18.3 Å². The van der Waals surface area contributed by atoms with Gasteiger partial charge in [0.05, 0.1) is 17.1 Å². The lowest BCUT2D eigenvalue weighted by Crippen LogP contribution is -2.19. The number of hydrogen-bond donors (Lipinski definition) is 1. The summed E-state index contributed by atoms with van der Waals surface area (Å²) in [6.45, 7) is 2.29. The smallest absolute Gasteiger partial charge is 0.394 e. The van der Waals surface area contributed by atoms with Crippen molar-refractivity contribution in [2.75, 3.05) is 5.32 Å². The highest BCUT2D eigenvalue weighted by Crippen LogP contribution is 2.35. The van der Waals surface area contributed by atoms with Gasteiger partial charge in [-0.25, -0.2) is 4.98 Å². The summed E-state index contributed by atoms with van der Waals surface area (Å²) in [7, 11) is 0.986. The van der Waals surface area contributed by atoms with Crippen molar-refractivity contribution in [1.82, 2.24) is 9.55 Å². The summed E-state index contributed by atoms with van der Waals surface area (Å²) < 4.78 is 33.2. The van der Waals surface area contributed by atoms with Gasteiger partial charge in [-0.1, -0.05) is 35.8 Å². The van der Waals surface area contributed by atoms with E-state index in [0.717, 1.165) is 30.2 Å². The maximum atomic E-state index is 13.2. The molecule has 8 heteroatoms. The lowest BCUT2D eigenvalue weighted by Gasteiger charge is -2.19. The third-order valence-electron chi connectivity index (χ3n) is 6.03. The first-order valence-electron chi connectivity index (χ1n) is 11.3. The minimum atomic E-state index is -3.24. The number of nitrogens with one attached hydrogen (secondary N) is 1. The Balaban J connectivity index is 1.55. The summed E-state index contributed by atoms with van der Waals surface area (Å²) in [6, 6.07) is 20.9. The molecule has 0 spiro atoms. The van der Waals surface area contributed by atoms with Gasteiger partial charge in [0.25, 0.3) is 0 Å². The zero-order chi connectivity index (χ0) is 23.9. The van der Waals surface area contributed by atoms with Crippen molar-refractivity contribution in [1.29, 1.82) is 0 Å². The van der Waals surface area contributed by atoms with Gasteiger partial charge >= 0.3 is 6.11 Å². The number of aromatic nitrogens is 2. The minimum Gasteiger partial charge on any atom is -0.433 e. The van der Waals surface area contributed by atoms with E-state index < -0.39 is 6.11 Å². The molecule has 0 fully saturated rings. The van der Waals surface area contributed by atoms with Gasteiger partial charge in [0.1, 0.15) is 11.5 Å². The third kappa shape index (κ3) is 4.53. The van der Waals surface area contributed by atoms with Crippen molar-refractivity contribution >= 4 is 41.2 Å². The number of nitrogens with zero attached hydrogens (tertiary/aromatic N) is 2. The Morgan fingerprint density at radius 3 is 2.68 bits per heavy atom. The normalized spacial score (nSPS) is 15.1. The summed E-state index contributed by atoms with van der Waals surface area (Å²) >= 11 is 0. The van der Waals surface area contributed by atoms with Crippen LogP contribution < -0.4 is 15.5 Å². The van der Waals surface area contributed by atoms with E-state index in [2.05, 4.69) is 38.9 Å². The van der Waals surface area contributed by atoms with Crippen LogP contribution in [0.2, 0.25) is 6.32 Å². The van der Waals surface area contributed by atoms with Gasteiger partial charge in [-0.05, 0) is 60.8 Å². The molecule has 1 aliphatic rings. The number of carbonyl (C=O) groups is 1. The number of rotatable bonds is 7. The van der Waals surface area contributed by atoms with Crippen LogP contribution >= 0.6 is 0 Å². The largest absolute Gasteiger partial charge is 0.433 e. The molecule has 5 rings (SSSR count). The molecule has 4 aromatic rings. The predicted octanol–water partition coefficient (Wildman–Crippen LogP) is 4.99. The molecule has 0 bridgehead atoms.